The number of carbonyl (C=O) groups is 1. The number of aliphatic hydroxyl groups is 1. The van der Waals surface area contributed by atoms with Crippen LogP contribution in [0.5, 0.6) is 0 Å². The second-order valence-electron chi connectivity index (χ2n) is 1.65. The third-order valence-corrected chi connectivity index (χ3v) is 2.27. The van der Waals surface area contributed by atoms with Gasteiger partial charge in [0.05, 0.1) is 0 Å². The van der Waals surface area contributed by atoms with Crippen LogP contribution in [-0.4, -0.2) is 25.3 Å². The van der Waals surface area contributed by atoms with Crippen LogP contribution < -0.4 is 5.32 Å². The van der Waals surface area contributed by atoms with E-state index in [2.05, 4.69) is 53.1 Å². The van der Waals surface area contributed by atoms with Gasteiger partial charge in [-0.3, -0.25) is 4.79 Å². The summed E-state index contributed by atoms with van der Waals surface area (Å²) in [7, 11) is 0. The molecule has 0 bridgehead atoms. The molecule has 11 heavy (non-hydrogen) atoms. The predicted octanol–water partition coefficient (Wildman–Crippen LogP) is 1.50. The van der Waals surface area contributed by atoms with Gasteiger partial charge in [-0.05, 0) is 0 Å². The van der Waals surface area contributed by atoms with E-state index in [1.807, 2.05) is 0 Å². The van der Waals surface area contributed by atoms with Crippen LogP contribution in [0.1, 0.15) is 0 Å². The summed E-state index contributed by atoms with van der Waals surface area (Å²) in [4.78, 5) is 10.6. The number of carbonyl (C=O) groups excluding carboxylic acids is 1. The lowest BCUT2D eigenvalue weighted by Crippen LogP contribution is -2.43. The first kappa shape index (κ1) is 12.2. The highest BCUT2D eigenvalue weighted by molar-refractivity contribution is 9.39. The molecule has 1 amide bonds. The van der Waals surface area contributed by atoms with Crippen molar-refractivity contribution in [3.8, 4) is 0 Å². The maximum absolute atomic E-state index is 10.6. The molecule has 0 aliphatic rings. The van der Waals surface area contributed by atoms with Crippen molar-refractivity contribution in [2.24, 2.45) is 0 Å². The molecular weight excluding hydrogens is 369 g/mol. The summed E-state index contributed by atoms with van der Waals surface area (Å²) in [5.41, 5.74) is 0. The minimum absolute atomic E-state index is 0.180. The SMILES string of the molecule is O=C(CCl)N[C@H](O)C(Br)(Br)Br. The maximum Gasteiger partial charge on any atom is 0.236 e. The normalized spacial score (nSPS) is 14.3. The van der Waals surface area contributed by atoms with Gasteiger partial charge in [0.15, 0.2) is 8.37 Å². The van der Waals surface area contributed by atoms with Crippen LogP contribution in [0.4, 0.5) is 0 Å². The van der Waals surface area contributed by atoms with Crippen molar-refractivity contribution in [1.29, 1.82) is 0 Å². The molecule has 0 fully saturated rings. The quantitative estimate of drug-likeness (QED) is 0.569. The van der Waals surface area contributed by atoms with Crippen molar-refractivity contribution in [2.45, 2.75) is 8.37 Å². The largest absolute Gasteiger partial charge is 0.370 e. The molecule has 0 heterocycles. The fraction of sp³-hybridized carbons (Fsp3) is 0.750. The fourth-order valence-corrected chi connectivity index (χ4v) is 0.693. The molecular formula is C4H5Br3ClNO2. The molecule has 0 aliphatic carbocycles. The minimum Gasteiger partial charge on any atom is -0.370 e. The highest BCUT2D eigenvalue weighted by Crippen LogP contribution is 2.35. The van der Waals surface area contributed by atoms with E-state index in [4.69, 9.17) is 16.7 Å². The Morgan fingerprint density at radius 2 is 2.09 bits per heavy atom. The van der Waals surface area contributed by atoms with E-state index in [-0.39, 0.29) is 5.88 Å². The average molecular weight is 374 g/mol. The summed E-state index contributed by atoms with van der Waals surface area (Å²) in [6, 6.07) is 0. The van der Waals surface area contributed by atoms with Gasteiger partial charge in [0, 0.05) is 0 Å². The molecule has 2 N–H and O–H groups in total. The van der Waals surface area contributed by atoms with Crippen LogP contribution in [0.3, 0.4) is 0 Å². The van der Waals surface area contributed by atoms with Gasteiger partial charge < -0.3 is 10.4 Å². The summed E-state index contributed by atoms with van der Waals surface area (Å²) in [5, 5.41) is 11.4. The van der Waals surface area contributed by atoms with Gasteiger partial charge in [0.25, 0.3) is 0 Å². The van der Waals surface area contributed by atoms with Crippen LogP contribution in [0.2, 0.25) is 0 Å². The van der Waals surface area contributed by atoms with E-state index < -0.39 is 14.3 Å². The van der Waals surface area contributed by atoms with Crippen LogP contribution in [0.15, 0.2) is 0 Å². The zero-order valence-electron chi connectivity index (χ0n) is 5.15. The van der Waals surface area contributed by atoms with E-state index in [9.17, 15) is 4.79 Å². The monoisotopic (exact) mass is 371 g/mol. The lowest BCUT2D eigenvalue weighted by molar-refractivity contribution is -0.121. The summed E-state index contributed by atoms with van der Waals surface area (Å²) in [6.45, 7) is 0. The predicted molar refractivity (Wildman–Crippen MR) is 54.4 cm³/mol. The topological polar surface area (TPSA) is 49.3 Å². The molecule has 66 valence electrons. The molecule has 1 atom stereocenters. The summed E-state index contributed by atoms with van der Waals surface area (Å²) < 4.78 is -0.908. The first-order valence-electron chi connectivity index (χ1n) is 2.48. The number of nitrogens with one attached hydrogen (secondary N) is 1. The highest BCUT2D eigenvalue weighted by atomic mass is 80.0. The maximum atomic E-state index is 10.6. The zero-order chi connectivity index (χ0) is 9.07. The van der Waals surface area contributed by atoms with Gasteiger partial charge in [-0.25, -0.2) is 0 Å². The number of hydrogen-bond acceptors (Lipinski definition) is 2. The molecule has 0 saturated heterocycles. The van der Waals surface area contributed by atoms with Crippen molar-refractivity contribution in [2.75, 3.05) is 5.88 Å². The first-order chi connectivity index (χ1) is 4.88. The number of alkyl halides is 4. The standard InChI is InChI=1S/C4H5Br3ClNO2/c5-4(6,7)3(11)9-2(10)1-8/h3,11H,1H2,(H,9,10)/t3-/m1/s1. The molecule has 0 aliphatic heterocycles. The van der Waals surface area contributed by atoms with Gasteiger partial charge in [0.2, 0.25) is 5.91 Å². The van der Waals surface area contributed by atoms with E-state index in [1.165, 1.54) is 0 Å². The van der Waals surface area contributed by atoms with Crippen LogP contribution in [-0.2, 0) is 4.79 Å². The van der Waals surface area contributed by atoms with Crippen molar-refractivity contribution in [1.82, 2.24) is 5.32 Å². The smallest absolute Gasteiger partial charge is 0.236 e. The fourth-order valence-electron chi connectivity index (χ4n) is 0.273. The Bertz CT molecular complexity index is 149. The van der Waals surface area contributed by atoms with Gasteiger partial charge >= 0.3 is 0 Å². The third kappa shape index (κ3) is 5.41. The molecule has 7 heteroatoms. The second-order valence-corrected chi connectivity index (χ2v) is 8.86. The molecule has 0 spiro atoms. The molecule has 0 rings (SSSR count). The van der Waals surface area contributed by atoms with Gasteiger partial charge in [-0.15, -0.1) is 11.6 Å². The summed E-state index contributed by atoms with van der Waals surface area (Å²) in [6.07, 6.45) is -1.09. The van der Waals surface area contributed by atoms with Crippen LogP contribution >= 0.6 is 59.4 Å². The number of hydrogen-bond donors (Lipinski definition) is 2. The van der Waals surface area contributed by atoms with E-state index in [1.54, 1.807) is 0 Å². The Morgan fingerprint density at radius 3 is 2.36 bits per heavy atom. The van der Waals surface area contributed by atoms with Gasteiger partial charge in [0.1, 0.15) is 5.88 Å². The molecule has 0 aromatic heterocycles. The Balaban J connectivity index is 3.87. The Kier molecular flexibility index (Phi) is 5.54. The summed E-state index contributed by atoms with van der Waals surface area (Å²) in [5.74, 6) is -0.623. The lowest BCUT2D eigenvalue weighted by atomic mass is 10.6. The number of rotatable bonds is 2. The van der Waals surface area contributed by atoms with E-state index >= 15 is 0 Å². The Hall–Kier alpha value is 1.16. The third-order valence-electron chi connectivity index (χ3n) is 0.729. The number of aliphatic hydroxyl groups excluding tert-OH is 1. The summed E-state index contributed by atoms with van der Waals surface area (Å²) >= 11 is 14.3. The minimum atomic E-state index is -1.09. The molecule has 0 aromatic carbocycles. The molecule has 3 nitrogen and oxygen atoms in total. The molecule has 0 radical (unpaired) electrons. The van der Waals surface area contributed by atoms with Crippen molar-refractivity contribution < 1.29 is 9.90 Å². The van der Waals surface area contributed by atoms with Gasteiger partial charge in [-0.1, -0.05) is 47.8 Å². The van der Waals surface area contributed by atoms with Crippen LogP contribution in [0.25, 0.3) is 0 Å². The lowest BCUT2D eigenvalue weighted by Gasteiger charge is -2.20. The number of halogens is 4. The van der Waals surface area contributed by atoms with E-state index in [0.29, 0.717) is 0 Å². The van der Waals surface area contributed by atoms with Crippen LogP contribution in [0, 0.1) is 0 Å². The van der Waals surface area contributed by atoms with Gasteiger partial charge in [-0.2, -0.15) is 0 Å². The molecule has 0 aromatic rings. The number of amides is 1. The Labute approximate surface area is 94.2 Å². The highest BCUT2D eigenvalue weighted by Gasteiger charge is 2.29. The van der Waals surface area contributed by atoms with Crippen molar-refractivity contribution >= 4 is 65.3 Å². The van der Waals surface area contributed by atoms with Crippen molar-refractivity contribution in [3.05, 3.63) is 0 Å². The van der Waals surface area contributed by atoms with Crippen molar-refractivity contribution in [3.63, 3.8) is 0 Å². The zero-order valence-corrected chi connectivity index (χ0v) is 10.7. The molecule has 0 saturated carbocycles. The first-order valence-corrected chi connectivity index (χ1v) is 5.39. The molecule has 0 unspecified atom stereocenters. The average Bonchev–Trinajstić information content (AvgIpc) is 1.85. The van der Waals surface area contributed by atoms with E-state index in [0.717, 1.165) is 0 Å². The second kappa shape index (κ2) is 5.01. The Morgan fingerprint density at radius 1 is 1.64 bits per heavy atom.